The lowest BCUT2D eigenvalue weighted by molar-refractivity contribution is 0.0966. The topological polar surface area (TPSA) is 90.7 Å². The van der Waals surface area contributed by atoms with E-state index in [4.69, 9.17) is 0 Å². The van der Waals surface area contributed by atoms with Crippen LogP contribution < -0.4 is 15.5 Å². The van der Waals surface area contributed by atoms with Crippen molar-refractivity contribution >= 4 is 28.7 Å². The second-order valence-electron chi connectivity index (χ2n) is 9.33. The highest BCUT2D eigenvalue weighted by Gasteiger charge is 2.21. The van der Waals surface area contributed by atoms with Gasteiger partial charge in [0.25, 0.3) is 5.91 Å². The van der Waals surface area contributed by atoms with Gasteiger partial charge in [0, 0.05) is 61.3 Å². The number of carbonyl (C=O) groups excluding carboxylic acids is 1. The zero-order valence-corrected chi connectivity index (χ0v) is 19.9. The highest BCUT2D eigenvalue weighted by molar-refractivity contribution is 5.99. The third-order valence-electron chi connectivity index (χ3n) is 6.93. The fraction of sp³-hybridized carbons (Fsp3) is 0.308. The molecule has 2 N–H and O–H groups in total. The van der Waals surface area contributed by atoms with Gasteiger partial charge < -0.3 is 15.5 Å². The number of aromatic nitrogens is 4. The molecule has 6 rings (SSSR count). The number of piperazine rings is 1. The number of hydrogen-bond acceptors (Lipinski definition) is 7. The van der Waals surface area contributed by atoms with Crippen LogP contribution in [0.1, 0.15) is 29.8 Å². The normalized spacial score (nSPS) is 16.1. The van der Waals surface area contributed by atoms with E-state index in [1.165, 1.54) is 12.0 Å². The summed E-state index contributed by atoms with van der Waals surface area (Å²) in [7, 11) is 0. The van der Waals surface area contributed by atoms with Gasteiger partial charge in [-0.2, -0.15) is 5.10 Å². The molecule has 178 valence electrons. The van der Waals surface area contributed by atoms with Gasteiger partial charge in [0.15, 0.2) is 11.5 Å². The Morgan fingerprint density at radius 2 is 1.80 bits per heavy atom. The molecule has 1 amide bonds. The molecule has 0 saturated carbocycles. The molecule has 0 radical (unpaired) electrons. The lowest BCUT2D eigenvalue weighted by Crippen LogP contribution is -2.48. The number of nitrogens with one attached hydrogen (secondary N) is 2. The smallest absolute Gasteiger partial charge is 0.251 e. The Labute approximate surface area is 203 Å². The van der Waals surface area contributed by atoms with E-state index in [2.05, 4.69) is 73.6 Å². The summed E-state index contributed by atoms with van der Waals surface area (Å²) in [6, 6.07) is 14.9. The Morgan fingerprint density at radius 3 is 2.57 bits per heavy atom. The van der Waals surface area contributed by atoms with Crippen molar-refractivity contribution in [1.29, 1.82) is 0 Å². The largest absolute Gasteiger partial charge is 0.369 e. The summed E-state index contributed by atoms with van der Waals surface area (Å²) in [6.07, 6.45) is 3.28. The Bertz CT molecular complexity index is 1390. The lowest BCUT2D eigenvalue weighted by Gasteiger charge is -2.38. The molecule has 35 heavy (non-hydrogen) atoms. The number of hydrogen-bond donors (Lipinski definition) is 2. The molecule has 1 fully saturated rings. The van der Waals surface area contributed by atoms with Crippen molar-refractivity contribution in [2.45, 2.75) is 26.4 Å². The van der Waals surface area contributed by atoms with E-state index >= 15 is 0 Å². The van der Waals surface area contributed by atoms with E-state index in [-0.39, 0.29) is 5.91 Å². The van der Waals surface area contributed by atoms with Gasteiger partial charge in [0.2, 0.25) is 0 Å². The number of carbonyl (C=O) groups is 1. The van der Waals surface area contributed by atoms with Gasteiger partial charge >= 0.3 is 0 Å². The quantitative estimate of drug-likeness (QED) is 0.464. The number of anilines is 3. The summed E-state index contributed by atoms with van der Waals surface area (Å²) in [5, 5.41) is 10.7. The first kappa shape index (κ1) is 21.5. The molecule has 0 aliphatic carbocycles. The van der Waals surface area contributed by atoms with Crippen LogP contribution in [-0.2, 0) is 6.54 Å². The van der Waals surface area contributed by atoms with Crippen molar-refractivity contribution in [3.05, 3.63) is 66.1 Å². The second kappa shape index (κ2) is 8.66. The van der Waals surface area contributed by atoms with Gasteiger partial charge in [0.1, 0.15) is 6.33 Å². The SMILES string of the molecule is CC(C)N1CCN(c2ccc(Nc3ncc(-c4ccc5c(c4)C(=O)NC5)n4ncnc34)cc2)CC1. The van der Waals surface area contributed by atoms with Gasteiger partial charge in [-0.1, -0.05) is 12.1 Å². The third-order valence-corrected chi connectivity index (χ3v) is 6.93. The van der Waals surface area contributed by atoms with E-state index < -0.39 is 0 Å². The molecule has 2 aromatic heterocycles. The minimum absolute atomic E-state index is 0.0480. The molecule has 0 atom stereocenters. The van der Waals surface area contributed by atoms with Gasteiger partial charge in [-0.3, -0.25) is 9.69 Å². The summed E-state index contributed by atoms with van der Waals surface area (Å²) in [5.74, 6) is 0.580. The first-order chi connectivity index (χ1) is 17.1. The minimum atomic E-state index is -0.0480. The van der Waals surface area contributed by atoms with Crippen molar-refractivity contribution in [3.63, 3.8) is 0 Å². The number of benzene rings is 2. The van der Waals surface area contributed by atoms with Crippen molar-refractivity contribution < 1.29 is 4.79 Å². The monoisotopic (exact) mass is 468 g/mol. The zero-order chi connectivity index (χ0) is 23.9. The Balaban J connectivity index is 1.22. The minimum Gasteiger partial charge on any atom is -0.369 e. The molecule has 2 aliphatic heterocycles. The highest BCUT2D eigenvalue weighted by atomic mass is 16.1. The number of amides is 1. The van der Waals surface area contributed by atoms with E-state index in [9.17, 15) is 4.79 Å². The van der Waals surface area contributed by atoms with Gasteiger partial charge in [0.05, 0.1) is 11.9 Å². The van der Waals surface area contributed by atoms with E-state index in [1.54, 1.807) is 10.7 Å². The molecule has 2 aromatic carbocycles. The van der Waals surface area contributed by atoms with Crippen LogP contribution in [0.4, 0.5) is 17.2 Å². The maximum absolute atomic E-state index is 12.1. The van der Waals surface area contributed by atoms with E-state index in [0.717, 1.165) is 48.7 Å². The van der Waals surface area contributed by atoms with Crippen LogP contribution in [0.25, 0.3) is 16.9 Å². The van der Waals surface area contributed by atoms with Crippen LogP contribution in [0.15, 0.2) is 55.0 Å². The Hall–Kier alpha value is -3.98. The Kier molecular flexibility index (Phi) is 5.33. The van der Waals surface area contributed by atoms with Gasteiger partial charge in [-0.05, 0) is 49.7 Å². The van der Waals surface area contributed by atoms with Crippen LogP contribution in [0.5, 0.6) is 0 Å². The molecule has 9 nitrogen and oxygen atoms in total. The van der Waals surface area contributed by atoms with Crippen LogP contribution in [0.3, 0.4) is 0 Å². The molecule has 4 aromatic rings. The first-order valence-corrected chi connectivity index (χ1v) is 12.0. The van der Waals surface area contributed by atoms with E-state index in [1.807, 2.05) is 18.2 Å². The van der Waals surface area contributed by atoms with Crippen molar-refractivity contribution in [2.24, 2.45) is 0 Å². The van der Waals surface area contributed by atoms with Crippen molar-refractivity contribution in [1.82, 2.24) is 29.8 Å². The van der Waals surface area contributed by atoms with Crippen molar-refractivity contribution in [2.75, 3.05) is 36.4 Å². The number of rotatable bonds is 5. The molecular formula is C26H28N8O. The molecule has 4 heterocycles. The molecule has 0 bridgehead atoms. The summed E-state index contributed by atoms with van der Waals surface area (Å²) in [5.41, 5.74) is 6.15. The fourth-order valence-electron chi connectivity index (χ4n) is 4.86. The summed E-state index contributed by atoms with van der Waals surface area (Å²) < 4.78 is 1.76. The molecule has 9 heteroatoms. The summed E-state index contributed by atoms with van der Waals surface area (Å²) in [4.78, 5) is 26.1. The van der Waals surface area contributed by atoms with Gasteiger partial charge in [-0.15, -0.1) is 0 Å². The maximum Gasteiger partial charge on any atom is 0.251 e. The van der Waals surface area contributed by atoms with Gasteiger partial charge in [-0.25, -0.2) is 14.5 Å². The zero-order valence-electron chi connectivity index (χ0n) is 19.9. The molecular weight excluding hydrogens is 440 g/mol. The fourth-order valence-corrected chi connectivity index (χ4v) is 4.86. The third kappa shape index (κ3) is 3.97. The number of fused-ring (bicyclic) bond motifs is 2. The summed E-state index contributed by atoms with van der Waals surface area (Å²) >= 11 is 0. The van der Waals surface area contributed by atoms with E-state index in [0.29, 0.717) is 29.6 Å². The average molecular weight is 469 g/mol. The Morgan fingerprint density at radius 1 is 1.00 bits per heavy atom. The highest BCUT2D eigenvalue weighted by Crippen LogP contribution is 2.28. The summed E-state index contributed by atoms with van der Waals surface area (Å²) in [6.45, 7) is 9.35. The number of nitrogens with zero attached hydrogens (tertiary/aromatic N) is 6. The molecule has 0 spiro atoms. The molecule has 1 saturated heterocycles. The maximum atomic E-state index is 12.1. The molecule has 2 aliphatic rings. The predicted molar refractivity (Wildman–Crippen MR) is 136 cm³/mol. The second-order valence-corrected chi connectivity index (χ2v) is 9.33. The molecule has 0 unspecified atom stereocenters. The predicted octanol–water partition coefficient (Wildman–Crippen LogP) is 3.31. The van der Waals surface area contributed by atoms with Crippen molar-refractivity contribution in [3.8, 4) is 11.3 Å². The standard InChI is InChI=1S/C26H28N8O/c1-17(2)32-9-11-33(12-10-32)21-7-5-20(6-8-21)31-24-25-29-16-30-34(25)23(15-27-24)18-3-4-19-14-28-26(35)22(19)13-18/h3-8,13,15-17H,9-12,14H2,1-2H3,(H,27,31)(H,28,35). The first-order valence-electron chi connectivity index (χ1n) is 12.0. The van der Waals surface area contributed by atoms with Crippen LogP contribution >= 0.6 is 0 Å². The average Bonchev–Trinajstić information content (AvgIpc) is 3.52. The van der Waals surface area contributed by atoms with Crippen LogP contribution in [0.2, 0.25) is 0 Å². The lowest BCUT2D eigenvalue weighted by atomic mass is 10.0. The van der Waals surface area contributed by atoms with Crippen LogP contribution in [-0.4, -0.2) is 62.6 Å². The van der Waals surface area contributed by atoms with Crippen LogP contribution in [0, 0.1) is 0 Å².